The van der Waals surface area contributed by atoms with Crippen LogP contribution in [0.15, 0.2) is 119 Å². The Balaban J connectivity index is 1.77. The van der Waals surface area contributed by atoms with Crippen LogP contribution in [0, 0.1) is 0 Å². The zero-order valence-electron chi connectivity index (χ0n) is 24.4. The van der Waals surface area contributed by atoms with E-state index in [1.807, 2.05) is 37.3 Å². The number of nitrogens with one attached hydrogen (secondary N) is 1. The third kappa shape index (κ3) is 8.94. The van der Waals surface area contributed by atoms with Crippen molar-refractivity contribution in [2.75, 3.05) is 17.4 Å². The number of unbranched alkanes of at least 4 members (excludes halogenated alkanes) is 1. The van der Waals surface area contributed by atoms with Gasteiger partial charge >= 0.3 is 0 Å². The number of rotatable bonds is 14. The SMILES string of the molecule is CCCCNC(=O)[C@@H](Cc1ccccc1)N(Cc1ccc(Cl)cc1)C(=O)CN(c1ccc(Br)cc1)S(=O)(=O)c1ccccc1. The summed E-state index contributed by atoms with van der Waals surface area (Å²) >= 11 is 9.54. The van der Waals surface area contributed by atoms with E-state index in [9.17, 15) is 18.0 Å². The molecule has 1 N–H and O–H groups in total. The Labute approximate surface area is 273 Å². The van der Waals surface area contributed by atoms with E-state index in [1.54, 1.807) is 66.7 Å². The van der Waals surface area contributed by atoms with Crippen molar-refractivity contribution in [3.8, 4) is 0 Å². The molecule has 4 aromatic rings. The van der Waals surface area contributed by atoms with Crippen molar-refractivity contribution in [2.45, 2.75) is 43.7 Å². The van der Waals surface area contributed by atoms with Gasteiger partial charge in [-0.25, -0.2) is 8.42 Å². The highest BCUT2D eigenvalue weighted by Gasteiger charge is 2.34. The average molecular weight is 697 g/mol. The molecule has 230 valence electrons. The Morgan fingerprint density at radius 3 is 2.07 bits per heavy atom. The van der Waals surface area contributed by atoms with Gasteiger partial charge in [-0.05, 0) is 66.1 Å². The Morgan fingerprint density at radius 2 is 1.45 bits per heavy atom. The second-order valence-corrected chi connectivity index (χ2v) is 13.5. The van der Waals surface area contributed by atoms with Crippen molar-refractivity contribution in [3.63, 3.8) is 0 Å². The molecule has 44 heavy (non-hydrogen) atoms. The molecule has 0 unspecified atom stereocenters. The van der Waals surface area contributed by atoms with Crippen molar-refractivity contribution < 1.29 is 18.0 Å². The standard InChI is InChI=1S/C34H35BrClN3O4S/c1-2-3-22-37-34(41)32(23-26-10-6-4-7-11-26)38(24-27-14-18-29(36)19-15-27)33(40)25-39(30-20-16-28(35)17-21-30)44(42,43)31-12-8-5-9-13-31/h4-21,32H,2-3,22-25H2,1H3,(H,37,41)/t32-/m1/s1. The summed E-state index contributed by atoms with van der Waals surface area (Å²) < 4.78 is 29.8. The molecule has 0 radical (unpaired) electrons. The number of halogens is 2. The number of carbonyl (C=O) groups is 2. The molecule has 0 saturated carbocycles. The molecular formula is C34H35BrClN3O4S. The summed E-state index contributed by atoms with van der Waals surface area (Å²) in [5.74, 6) is -0.820. The van der Waals surface area contributed by atoms with Crippen molar-refractivity contribution in [1.29, 1.82) is 0 Å². The van der Waals surface area contributed by atoms with Gasteiger partial charge in [0.25, 0.3) is 10.0 Å². The lowest BCUT2D eigenvalue weighted by Crippen LogP contribution is -2.53. The van der Waals surface area contributed by atoms with Crippen LogP contribution < -0.4 is 9.62 Å². The fourth-order valence-electron chi connectivity index (χ4n) is 4.70. The van der Waals surface area contributed by atoms with Crippen LogP contribution in [0.3, 0.4) is 0 Å². The van der Waals surface area contributed by atoms with Crippen molar-refractivity contribution in [2.24, 2.45) is 0 Å². The number of nitrogens with zero attached hydrogens (tertiary/aromatic N) is 2. The average Bonchev–Trinajstić information content (AvgIpc) is 3.03. The van der Waals surface area contributed by atoms with Crippen LogP contribution in [0.1, 0.15) is 30.9 Å². The van der Waals surface area contributed by atoms with Gasteiger partial charge in [0.15, 0.2) is 0 Å². The van der Waals surface area contributed by atoms with E-state index < -0.39 is 28.5 Å². The van der Waals surface area contributed by atoms with Gasteiger partial charge in [0.05, 0.1) is 10.6 Å². The lowest BCUT2D eigenvalue weighted by molar-refractivity contribution is -0.140. The molecule has 7 nitrogen and oxygen atoms in total. The summed E-state index contributed by atoms with van der Waals surface area (Å²) in [7, 11) is -4.14. The highest BCUT2D eigenvalue weighted by Crippen LogP contribution is 2.26. The van der Waals surface area contributed by atoms with E-state index in [4.69, 9.17) is 11.6 Å². The van der Waals surface area contributed by atoms with Crippen LogP contribution in [0.4, 0.5) is 5.69 Å². The summed E-state index contributed by atoms with van der Waals surface area (Å²) in [5.41, 5.74) is 1.95. The molecule has 0 bridgehead atoms. The smallest absolute Gasteiger partial charge is 0.264 e. The first-order chi connectivity index (χ1) is 21.2. The molecular weight excluding hydrogens is 662 g/mol. The Hall–Kier alpha value is -3.66. The summed E-state index contributed by atoms with van der Waals surface area (Å²) in [4.78, 5) is 29.7. The van der Waals surface area contributed by atoms with Gasteiger partial charge in [0, 0.05) is 29.0 Å². The van der Waals surface area contributed by atoms with Gasteiger partial charge in [0.2, 0.25) is 11.8 Å². The zero-order valence-corrected chi connectivity index (χ0v) is 27.6. The summed E-state index contributed by atoms with van der Waals surface area (Å²) in [6.45, 7) is 2.07. The fraction of sp³-hybridized carbons (Fsp3) is 0.235. The molecule has 0 aromatic heterocycles. The van der Waals surface area contributed by atoms with E-state index in [2.05, 4.69) is 21.2 Å². The zero-order chi connectivity index (χ0) is 31.5. The first kappa shape index (κ1) is 33.2. The van der Waals surface area contributed by atoms with Crippen molar-refractivity contribution in [1.82, 2.24) is 10.2 Å². The minimum absolute atomic E-state index is 0.0538. The Kier molecular flexibility index (Phi) is 12.0. The van der Waals surface area contributed by atoms with Crippen LogP contribution in [-0.2, 0) is 32.6 Å². The van der Waals surface area contributed by atoms with E-state index in [0.717, 1.165) is 32.7 Å². The van der Waals surface area contributed by atoms with Gasteiger partial charge in [0.1, 0.15) is 12.6 Å². The maximum atomic E-state index is 14.4. The number of sulfonamides is 1. The molecule has 0 aliphatic carbocycles. The van der Waals surface area contributed by atoms with E-state index in [-0.39, 0.29) is 23.8 Å². The maximum Gasteiger partial charge on any atom is 0.264 e. The second kappa shape index (κ2) is 15.9. The molecule has 0 heterocycles. The molecule has 0 saturated heterocycles. The molecule has 4 aromatic carbocycles. The lowest BCUT2D eigenvalue weighted by Gasteiger charge is -2.34. The number of amides is 2. The predicted octanol–water partition coefficient (Wildman–Crippen LogP) is 6.85. The Morgan fingerprint density at radius 1 is 0.841 bits per heavy atom. The number of carbonyl (C=O) groups excluding carboxylic acids is 2. The van der Waals surface area contributed by atoms with Gasteiger partial charge in [-0.2, -0.15) is 0 Å². The topological polar surface area (TPSA) is 86.8 Å². The summed E-state index contributed by atoms with van der Waals surface area (Å²) in [6, 6.07) is 30.3. The minimum Gasteiger partial charge on any atom is -0.354 e. The predicted molar refractivity (Wildman–Crippen MR) is 179 cm³/mol. The largest absolute Gasteiger partial charge is 0.354 e. The van der Waals surface area contributed by atoms with Crippen LogP contribution >= 0.6 is 27.5 Å². The minimum atomic E-state index is -4.14. The lowest BCUT2D eigenvalue weighted by atomic mass is 10.0. The van der Waals surface area contributed by atoms with Gasteiger partial charge in [-0.1, -0.05) is 102 Å². The number of hydrogen-bond acceptors (Lipinski definition) is 4. The molecule has 1 atom stereocenters. The van der Waals surface area contributed by atoms with Crippen LogP contribution in [-0.4, -0.2) is 44.3 Å². The van der Waals surface area contributed by atoms with E-state index >= 15 is 0 Å². The van der Waals surface area contributed by atoms with Crippen LogP contribution in [0.2, 0.25) is 5.02 Å². The van der Waals surface area contributed by atoms with Crippen molar-refractivity contribution in [3.05, 3.63) is 130 Å². The monoisotopic (exact) mass is 695 g/mol. The molecule has 2 amide bonds. The van der Waals surface area contributed by atoms with E-state index in [0.29, 0.717) is 17.3 Å². The van der Waals surface area contributed by atoms with Crippen molar-refractivity contribution >= 4 is 55.1 Å². The van der Waals surface area contributed by atoms with Gasteiger partial charge in [-0.3, -0.25) is 13.9 Å². The molecule has 10 heteroatoms. The fourth-order valence-corrected chi connectivity index (χ4v) is 6.53. The number of benzene rings is 4. The number of anilines is 1. The van der Waals surface area contributed by atoms with Crippen LogP contribution in [0.25, 0.3) is 0 Å². The molecule has 0 fully saturated rings. The third-order valence-electron chi connectivity index (χ3n) is 7.09. The highest BCUT2D eigenvalue weighted by molar-refractivity contribution is 9.10. The van der Waals surface area contributed by atoms with Gasteiger partial charge in [-0.15, -0.1) is 0 Å². The summed E-state index contributed by atoms with van der Waals surface area (Å²) in [6.07, 6.45) is 1.94. The molecule has 0 spiro atoms. The maximum absolute atomic E-state index is 14.4. The summed E-state index contributed by atoms with van der Waals surface area (Å²) in [5, 5.41) is 3.53. The van der Waals surface area contributed by atoms with E-state index in [1.165, 1.54) is 17.0 Å². The van der Waals surface area contributed by atoms with Gasteiger partial charge < -0.3 is 10.2 Å². The first-order valence-corrected chi connectivity index (χ1v) is 17.0. The second-order valence-electron chi connectivity index (χ2n) is 10.3. The molecule has 0 aliphatic rings. The quantitative estimate of drug-likeness (QED) is 0.146. The third-order valence-corrected chi connectivity index (χ3v) is 9.66. The molecule has 0 aliphatic heterocycles. The molecule has 4 rings (SSSR count). The Bertz CT molecular complexity index is 1620. The first-order valence-electron chi connectivity index (χ1n) is 14.4. The highest BCUT2D eigenvalue weighted by atomic mass is 79.9. The van der Waals surface area contributed by atoms with Crippen LogP contribution in [0.5, 0.6) is 0 Å². The normalized spacial score (nSPS) is 11.9. The number of hydrogen-bond donors (Lipinski definition) is 1.